The van der Waals surface area contributed by atoms with Gasteiger partial charge in [-0.2, -0.15) is 10.1 Å². The molecule has 2 N–H and O–H groups in total. The van der Waals surface area contributed by atoms with Crippen LogP contribution in [0.2, 0.25) is 5.02 Å². The lowest BCUT2D eigenvalue weighted by Crippen LogP contribution is -2.12. The largest absolute Gasteiger partial charge is 0.497 e. The zero-order valence-corrected chi connectivity index (χ0v) is 15.9. The van der Waals surface area contributed by atoms with Crippen LogP contribution in [0, 0.1) is 0 Å². The summed E-state index contributed by atoms with van der Waals surface area (Å²) in [4.78, 5) is 4.44. The van der Waals surface area contributed by atoms with Gasteiger partial charge in [0.25, 0.3) is 0 Å². The minimum Gasteiger partial charge on any atom is -0.497 e. The van der Waals surface area contributed by atoms with Crippen LogP contribution in [0.25, 0.3) is 0 Å². The van der Waals surface area contributed by atoms with Crippen molar-refractivity contribution in [3.8, 4) is 5.75 Å². The first-order valence-corrected chi connectivity index (χ1v) is 9.15. The highest BCUT2D eigenvalue weighted by atomic mass is 35.5. The maximum atomic E-state index is 6.00. The summed E-state index contributed by atoms with van der Waals surface area (Å²) in [5.74, 6) is 2.06. The van der Waals surface area contributed by atoms with Crippen molar-refractivity contribution in [2.45, 2.75) is 12.8 Å². The Labute approximate surface area is 164 Å². The lowest BCUT2D eigenvalue weighted by molar-refractivity contribution is 0.414. The number of anilines is 2. The normalized spacial score (nSPS) is 10.4. The van der Waals surface area contributed by atoms with Gasteiger partial charge >= 0.3 is 0 Å². The second kappa shape index (κ2) is 9.73. The summed E-state index contributed by atoms with van der Waals surface area (Å²) < 4.78 is 5.16. The third kappa shape index (κ3) is 6.11. The standard InChI is InChI=1S/C20H22ClN5O/c1-27-18-7-5-15(6-8-18)9-12-23-20-25-19(14-24-26-20)22-11-10-16-3-2-4-17(21)13-16/h2-8,13-14H,9-12H2,1H3,(H2,22,23,25,26). The SMILES string of the molecule is COc1ccc(CCNc2nncc(NCCc3cccc(Cl)c3)n2)cc1. The van der Waals surface area contributed by atoms with Gasteiger partial charge in [-0.1, -0.05) is 35.9 Å². The number of ether oxygens (including phenoxy) is 1. The third-order valence-corrected chi connectivity index (χ3v) is 4.26. The summed E-state index contributed by atoms with van der Waals surface area (Å²) in [6.07, 6.45) is 3.33. The number of hydrogen-bond donors (Lipinski definition) is 2. The molecule has 7 heteroatoms. The van der Waals surface area contributed by atoms with E-state index in [1.165, 1.54) is 11.1 Å². The van der Waals surface area contributed by atoms with Gasteiger partial charge in [0.05, 0.1) is 13.3 Å². The first kappa shape index (κ1) is 18.9. The highest BCUT2D eigenvalue weighted by Gasteiger charge is 2.01. The van der Waals surface area contributed by atoms with Gasteiger partial charge in [-0.05, 0) is 48.2 Å². The number of rotatable bonds is 9. The molecule has 0 unspecified atom stereocenters. The second-order valence-corrected chi connectivity index (χ2v) is 6.43. The van der Waals surface area contributed by atoms with E-state index in [9.17, 15) is 0 Å². The Morgan fingerprint density at radius 2 is 1.74 bits per heavy atom. The van der Waals surface area contributed by atoms with Gasteiger partial charge in [0.15, 0.2) is 5.82 Å². The Bertz CT molecular complexity index is 857. The highest BCUT2D eigenvalue weighted by Crippen LogP contribution is 2.13. The fourth-order valence-electron chi connectivity index (χ4n) is 2.60. The van der Waals surface area contributed by atoms with E-state index >= 15 is 0 Å². The number of nitrogens with one attached hydrogen (secondary N) is 2. The van der Waals surface area contributed by atoms with Gasteiger partial charge in [0.2, 0.25) is 5.95 Å². The van der Waals surface area contributed by atoms with Gasteiger partial charge in [-0.15, -0.1) is 5.10 Å². The van der Waals surface area contributed by atoms with Crippen molar-refractivity contribution in [1.29, 1.82) is 0 Å². The molecule has 0 saturated heterocycles. The predicted molar refractivity (Wildman–Crippen MR) is 109 cm³/mol. The van der Waals surface area contributed by atoms with Crippen LogP contribution in [0.3, 0.4) is 0 Å². The average molecular weight is 384 g/mol. The van der Waals surface area contributed by atoms with Crippen LogP contribution in [0.5, 0.6) is 5.75 Å². The van der Waals surface area contributed by atoms with E-state index in [1.54, 1.807) is 13.3 Å². The van der Waals surface area contributed by atoms with Gasteiger partial charge < -0.3 is 15.4 Å². The van der Waals surface area contributed by atoms with Crippen LogP contribution in [0.4, 0.5) is 11.8 Å². The topological polar surface area (TPSA) is 72.0 Å². The molecule has 2 aromatic carbocycles. The Kier molecular flexibility index (Phi) is 6.82. The molecule has 0 atom stereocenters. The summed E-state index contributed by atoms with van der Waals surface area (Å²) >= 11 is 6.00. The van der Waals surface area contributed by atoms with Crippen molar-refractivity contribution >= 4 is 23.4 Å². The molecular formula is C20H22ClN5O. The van der Waals surface area contributed by atoms with Crippen LogP contribution in [-0.4, -0.2) is 35.4 Å². The molecule has 0 aliphatic carbocycles. The van der Waals surface area contributed by atoms with E-state index < -0.39 is 0 Å². The molecule has 0 amide bonds. The molecule has 0 spiro atoms. The van der Waals surface area contributed by atoms with Crippen LogP contribution in [0.15, 0.2) is 54.7 Å². The molecule has 27 heavy (non-hydrogen) atoms. The van der Waals surface area contributed by atoms with Crippen molar-refractivity contribution in [3.05, 3.63) is 70.9 Å². The Hall–Kier alpha value is -2.86. The van der Waals surface area contributed by atoms with E-state index in [0.29, 0.717) is 11.8 Å². The van der Waals surface area contributed by atoms with Crippen molar-refractivity contribution < 1.29 is 4.74 Å². The van der Waals surface area contributed by atoms with Crippen molar-refractivity contribution in [2.75, 3.05) is 30.8 Å². The Balaban J connectivity index is 1.45. The van der Waals surface area contributed by atoms with Crippen molar-refractivity contribution in [1.82, 2.24) is 15.2 Å². The van der Waals surface area contributed by atoms with Gasteiger partial charge in [0.1, 0.15) is 5.75 Å². The third-order valence-electron chi connectivity index (χ3n) is 4.02. The Morgan fingerprint density at radius 3 is 2.52 bits per heavy atom. The van der Waals surface area contributed by atoms with Crippen LogP contribution in [-0.2, 0) is 12.8 Å². The minimum absolute atomic E-state index is 0.510. The quantitative estimate of drug-likeness (QED) is 0.585. The Morgan fingerprint density at radius 1 is 0.963 bits per heavy atom. The summed E-state index contributed by atoms with van der Waals surface area (Å²) in [5, 5.41) is 15.2. The number of nitrogens with zero attached hydrogens (tertiary/aromatic N) is 3. The molecular weight excluding hydrogens is 362 g/mol. The molecule has 3 rings (SSSR count). The minimum atomic E-state index is 0.510. The fourth-order valence-corrected chi connectivity index (χ4v) is 2.81. The maximum Gasteiger partial charge on any atom is 0.244 e. The molecule has 6 nitrogen and oxygen atoms in total. The number of aromatic nitrogens is 3. The molecule has 0 saturated carbocycles. The molecule has 0 fully saturated rings. The monoisotopic (exact) mass is 383 g/mol. The first-order valence-electron chi connectivity index (χ1n) is 8.78. The number of methoxy groups -OCH3 is 1. The van der Waals surface area contributed by atoms with Crippen LogP contribution < -0.4 is 15.4 Å². The average Bonchev–Trinajstić information content (AvgIpc) is 2.69. The molecule has 0 aliphatic heterocycles. The van der Waals surface area contributed by atoms with Crippen molar-refractivity contribution in [3.63, 3.8) is 0 Å². The summed E-state index contributed by atoms with van der Waals surface area (Å²) in [6.45, 7) is 1.46. The smallest absolute Gasteiger partial charge is 0.244 e. The number of halogens is 1. The van der Waals surface area contributed by atoms with Crippen LogP contribution >= 0.6 is 11.6 Å². The summed E-state index contributed by atoms with van der Waals surface area (Å²) in [7, 11) is 1.66. The summed E-state index contributed by atoms with van der Waals surface area (Å²) in [5.41, 5.74) is 2.39. The van der Waals surface area contributed by atoms with Gasteiger partial charge in [-0.3, -0.25) is 0 Å². The molecule has 0 aliphatic rings. The number of hydrogen-bond acceptors (Lipinski definition) is 6. The lowest BCUT2D eigenvalue weighted by Gasteiger charge is -2.08. The van der Waals surface area contributed by atoms with E-state index in [4.69, 9.17) is 16.3 Å². The van der Waals surface area contributed by atoms with Gasteiger partial charge in [0, 0.05) is 18.1 Å². The van der Waals surface area contributed by atoms with E-state index in [1.807, 2.05) is 42.5 Å². The fraction of sp³-hybridized carbons (Fsp3) is 0.250. The number of benzene rings is 2. The zero-order valence-electron chi connectivity index (χ0n) is 15.2. The molecule has 1 aromatic heterocycles. The molecule has 1 heterocycles. The highest BCUT2D eigenvalue weighted by molar-refractivity contribution is 6.30. The van der Waals surface area contributed by atoms with Gasteiger partial charge in [-0.25, -0.2) is 0 Å². The molecule has 0 bridgehead atoms. The molecule has 140 valence electrons. The zero-order chi connectivity index (χ0) is 18.9. The lowest BCUT2D eigenvalue weighted by atomic mass is 10.1. The summed E-state index contributed by atoms with van der Waals surface area (Å²) in [6, 6.07) is 15.9. The van der Waals surface area contributed by atoms with Crippen LogP contribution in [0.1, 0.15) is 11.1 Å². The van der Waals surface area contributed by atoms with E-state index in [2.05, 4.69) is 31.9 Å². The predicted octanol–water partition coefficient (Wildman–Crippen LogP) is 3.84. The van der Waals surface area contributed by atoms with Crippen molar-refractivity contribution in [2.24, 2.45) is 0 Å². The van der Waals surface area contributed by atoms with E-state index in [0.717, 1.165) is 36.7 Å². The first-order chi connectivity index (χ1) is 13.2. The maximum absolute atomic E-state index is 6.00. The molecule has 3 aromatic rings. The van der Waals surface area contributed by atoms with E-state index in [-0.39, 0.29) is 0 Å². The second-order valence-electron chi connectivity index (χ2n) is 6.00. The molecule has 0 radical (unpaired) electrons.